The molecule has 4 nitrogen and oxygen atoms in total. The summed E-state index contributed by atoms with van der Waals surface area (Å²) >= 11 is 0. The van der Waals surface area contributed by atoms with Crippen LogP contribution in [0.1, 0.15) is 18.6 Å². The summed E-state index contributed by atoms with van der Waals surface area (Å²) in [4.78, 5) is 0. The molecule has 0 saturated carbocycles. The van der Waals surface area contributed by atoms with Gasteiger partial charge < -0.3 is 21.9 Å². The van der Waals surface area contributed by atoms with Crippen molar-refractivity contribution in [1.82, 2.24) is 0 Å². The Morgan fingerprint density at radius 2 is 2.21 bits per heavy atom. The van der Waals surface area contributed by atoms with E-state index in [-0.39, 0.29) is 0 Å². The molecule has 78 valence electrons. The Balaban J connectivity index is 2.90. The molecule has 1 aromatic rings. The minimum atomic E-state index is -0.529. The van der Waals surface area contributed by atoms with Gasteiger partial charge in [-0.2, -0.15) is 0 Å². The maximum Gasteiger partial charge on any atom is 0.0782 e. The highest BCUT2D eigenvalue weighted by Gasteiger charge is 2.07. The van der Waals surface area contributed by atoms with Crippen molar-refractivity contribution in [3.05, 3.63) is 23.8 Å². The smallest absolute Gasteiger partial charge is 0.0782 e. The van der Waals surface area contributed by atoms with Crippen LogP contribution in [0.3, 0.4) is 0 Å². The van der Waals surface area contributed by atoms with Gasteiger partial charge in [0.15, 0.2) is 0 Å². The minimum absolute atomic E-state index is 0.529. The van der Waals surface area contributed by atoms with Gasteiger partial charge in [0.2, 0.25) is 0 Å². The van der Waals surface area contributed by atoms with Crippen LogP contribution in [0.25, 0.3) is 0 Å². The molecule has 0 spiro atoms. The zero-order chi connectivity index (χ0) is 10.6. The fraction of sp³-hybridized carbons (Fsp3) is 0.400. The highest BCUT2D eigenvalue weighted by Crippen LogP contribution is 2.24. The van der Waals surface area contributed by atoms with Crippen molar-refractivity contribution in [3.63, 3.8) is 0 Å². The maximum absolute atomic E-state index is 9.50. The first-order valence-electron chi connectivity index (χ1n) is 4.66. The van der Waals surface area contributed by atoms with Crippen LogP contribution in [0.5, 0.6) is 0 Å². The molecule has 1 unspecified atom stereocenters. The molecular formula is C10H17N3O. The van der Waals surface area contributed by atoms with Gasteiger partial charge in [0.25, 0.3) is 0 Å². The van der Waals surface area contributed by atoms with E-state index in [1.54, 1.807) is 19.1 Å². The summed E-state index contributed by atoms with van der Waals surface area (Å²) in [5, 5.41) is 12.6. The lowest BCUT2D eigenvalue weighted by molar-refractivity contribution is 0.200. The number of hydrogen-bond donors (Lipinski definition) is 4. The molecule has 4 heteroatoms. The molecule has 0 bridgehead atoms. The first kappa shape index (κ1) is 10.8. The number of aliphatic hydroxyl groups is 1. The van der Waals surface area contributed by atoms with Gasteiger partial charge in [-0.15, -0.1) is 0 Å². The van der Waals surface area contributed by atoms with Gasteiger partial charge >= 0.3 is 0 Å². The van der Waals surface area contributed by atoms with Crippen LogP contribution in [-0.2, 0) is 0 Å². The fourth-order valence-corrected chi connectivity index (χ4v) is 1.29. The Morgan fingerprint density at radius 3 is 2.79 bits per heavy atom. The summed E-state index contributed by atoms with van der Waals surface area (Å²) in [6, 6.07) is 5.42. The molecule has 0 aliphatic carbocycles. The third kappa shape index (κ3) is 2.61. The van der Waals surface area contributed by atoms with Crippen LogP contribution in [0.4, 0.5) is 11.4 Å². The van der Waals surface area contributed by atoms with Crippen LogP contribution in [0.2, 0.25) is 0 Å². The summed E-state index contributed by atoms with van der Waals surface area (Å²) < 4.78 is 0. The second-order valence-electron chi connectivity index (χ2n) is 3.24. The second-order valence-corrected chi connectivity index (χ2v) is 3.24. The summed E-state index contributed by atoms with van der Waals surface area (Å²) in [6.45, 7) is 2.95. The van der Waals surface area contributed by atoms with Crippen LogP contribution < -0.4 is 16.8 Å². The number of nitrogens with one attached hydrogen (secondary N) is 1. The van der Waals surface area contributed by atoms with Gasteiger partial charge in [0.05, 0.1) is 6.10 Å². The molecular weight excluding hydrogens is 178 g/mol. The summed E-state index contributed by atoms with van der Waals surface area (Å²) in [5.74, 6) is 0. The Morgan fingerprint density at radius 1 is 1.50 bits per heavy atom. The van der Waals surface area contributed by atoms with Gasteiger partial charge in [0, 0.05) is 30.0 Å². The average molecular weight is 195 g/mol. The monoisotopic (exact) mass is 195 g/mol. The number of nitrogens with two attached hydrogens (primary N) is 2. The number of aliphatic hydroxyl groups excluding tert-OH is 1. The molecule has 0 saturated heterocycles. The Hall–Kier alpha value is -1.26. The van der Waals surface area contributed by atoms with Crippen molar-refractivity contribution in [2.45, 2.75) is 13.0 Å². The lowest BCUT2D eigenvalue weighted by Gasteiger charge is -2.14. The number of anilines is 2. The minimum Gasteiger partial charge on any atom is -0.399 e. The van der Waals surface area contributed by atoms with E-state index >= 15 is 0 Å². The zero-order valence-electron chi connectivity index (χ0n) is 8.33. The summed E-state index contributed by atoms with van der Waals surface area (Å²) in [7, 11) is 0. The predicted molar refractivity (Wildman–Crippen MR) is 59.0 cm³/mol. The SMILES string of the molecule is CC(O)c1cc(N)ccc1NCCN. The molecule has 6 N–H and O–H groups in total. The van der Waals surface area contributed by atoms with E-state index < -0.39 is 6.10 Å². The van der Waals surface area contributed by atoms with E-state index in [9.17, 15) is 5.11 Å². The van der Waals surface area contributed by atoms with Gasteiger partial charge in [0.1, 0.15) is 0 Å². The van der Waals surface area contributed by atoms with E-state index in [0.717, 1.165) is 11.3 Å². The molecule has 0 heterocycles. The van der Waals surface area contributed by atoms with Crippen LogP contribution in [-0.4, -0.2) is 18.2 Å². The topological polar surface area (TPSA) is 84.3 Å². The Bertz CT molecular complexity index is 299. The van der Waals surface area contributed by atoms with E-state index in [2.05, 4.69) is 5.32 Å². The second kappa shape index (κ2) is 4.83. The standard InChI is InChI=1S/C10H17N3O/c1-7(14)9-6-8(12)2-3-10(9)13-5-4-11/h2-3,6-7,13-14H,4-5,11-12H2,1H3. The van der Waals surface area contributed by atoms with Gasteiger partial charge in [-0.05, 0) is 25.1 Å². The van der Waals surface area contributed by atoms with Crippen molar-refractivity contribution in [3.8, 4) is 0 Å². The third-order valence-electron chi connectivity index (χ3n) is 1.99. The lowest BCUT2D eigenvalue weighted by atomic mass is 10.1. The van der Waals surface area contributed by atoms with Gasteiger partial charge in [-0.3, -0.25) is 0 Å². The number of hydrogen-bond acceptors (Lipinski definition) is 4. The number of rotatable bonds is 4. The highest BCUT2D eigenvalue weighted by atomic mass is 16.3. The molecule has 1 atom stereocenters. The molecule has 0 fully saturated rings. The zero-order valence-corrected chi connectivity index (χ0v) is 8.33. The summed E-state index contributed by atoms with van der Waals surface area (Å²) in [5.41, 5.74) is 13.4. The van der Waals surface area contributed by atoms with Crippen molar-refractivity contribution < 1.29 is 5.11 Å². The third-order valence-corrected chi connectivity index (χ3v) is 1.99. The Kier molecular flexibility index (Phi) is 3.73. The molecule has 14 heavy (non-hydrogen) atoms. The number of nitrogen functional groups attached to an aromatic ring is 1. The van der Waals surface area contributed by atoms with Crippen molar-refractivity contribution in [2.24, 2.45) is 5.73 Å². The highest BCUT2D eigenvalue weighted by molar-refractivity contribution is 5.58. The number of benzene rings is 1. The normalized spacial score (nSPS) is 12.5. The summed E-state index contributed by atoms with van der Waals surface area (Å²) in [6.07, 6.45) is -0.529. The molecule has 1 rings (SSSR count). The molecule has 0 amide bonds. The van der Waals surface area contributed by atoms with Gasteiger partial charge in [-0.25, -0.2) is 0 Å². The molecule has 1 aromatic carbocycles. The van der Waals surface area contributed by atoms with Crippen molar-refractivity contribution in [2.75, 3.05) is 24.1 Å². The molecule has 0 aromatic heterocycles. The van der Waals surface area contributed by atoms with Crippen molar-refractivity contribution in [1.29, 1.82) is 0 Å². The molecule has 0 aliphatic rings. The fourth-order valence-electron chi connectivity index (χ4n) is 1.29. The van der Waals surface area contributed by atoms with E-state index in [1.165, 1.54) is 0 Å². The molecule has 0 radical (unpaired) electrons. The largest absolute Gasteiger partial charge is 0.399 e. The van der Waals surface area contributed by atoms with E-state index in [0.29, 0.717) is 18.8 Å². The van der Waals surface area contributed by atoms with Crippen LogP contribution in [0.15, 0.2) is 18.2 Å². The van der Waals surface area contributed by atoms with E-state index in [4.69, 9.17) is 11.5 Å². The lowest BCUT2D eigenvalue weighted by Crippen LogP contribution is -2.14. The van der Waals surface area contributed by atoms with Crippen LogP contribution >= 0.6 is 0 Å². The van der Waals surface area contributed by atoms with Crippen LogP contribution in [0, 0.1) is 0 Å². The quantitative estimate of drug-likeness (QED) is 0.533. The Labute approximate surface area is 83.9 Å². The first-order chi connectivity index (χ1) is 6.65. The maximum atomic E-state index is 9.50. The predicted octanol–water partition coefficient (Wildman–Crippen LogP) is 0.693. The van der Waals surface area contributed by atoms with Crippen molar-refractivity contribution >= 4 is 11.4 Å². The molecule has 0 aliphatic heterocycles. The van der Waals surface area contributed by atoms with Gasteiger partial charge in [-0.1, -0.05) is 0 Å². The van der Waals surface area contributed by atoms with E-state index in [1.807, 2.05) is 6.07 Å². The average Bonchev–Trinajstić information content (AvgIpc) is 2.15. The first-order valence-corrected chi connectivity index (χ1v) is 4.66.